The van der Waals surface area contributed by atoms with Crippen molar-refractivity contribution in [2.24, 2.45) is 0 Å². The molecule has 1 amide bonds. The van der Waals surface area contributed by atoms with E-state index in [2.05, 4.69) is 5.32 Å². The van der Waals surface area contributed by atoms with Crippen LogP contribution in [-0.2, 0) is 0 Å². The molecule has 0 aliphatic carbocycles. The van der Waals surface area contributed by atoms with E-state index in [-0.39, 0.29) is 26.9 Å². The van der Waals surface area contributed by atoms with Crippen molar-refractivity contribution < 1.29 is 19.1 Å². The Labute approximate surface area is 129 Å². The molecule has 0 bridgehead atoms. The topological polar surface area (TPSA) is 66.4 Å². The van der Waals surface area contributed by atoms with Gasteiger partial charge in [-0.05, 0) is 24.3 Å². The van der Waals surface area contributed by atoms with Gasteiger partial charge < -0.3 is 10.4 Å². The SMILES string of the molecule is O=C(Nc1cccc(Cl)c1C(=O)O)c1cccc(Cl)c1F. The Kier molecular flexibility index (Phi) is 4.45. The van der Waals surface area contributed by atoms with Gasteiger partial charge in [0.2, 0.25) is 0 Å². The zero-order valence-corrected chi connectivity index (χ0v) is 11.9. The van der Waals surface area contributed by atoms with E-state index in [0.717, 1.165) is 0 Å². The molecule has 21 heavy (non-hydrogen) atoms. The summed E-state index contributed by atoms with van der Waals surface area (Å²) < 4.78 is 13.8. The number of rotatable bonds is 3. The Bertz CT molecular complexity index is 734. The highest BCUT2D eigenvalue weighted by atomic mass is 35.5. The second-order valence-corrected chi connectivity index (χ2v) is 4.84. The summed E-state index contributed by atoms with van der Waals surface area (Å²) in [5, 5.41) is 11.2. The van der Waals surface area contributed by atoms with Crippen molar-refractivity contribution in [3.63, 3.8) is 0 Å². The highest BCUT2D eigenvalue weighted by Gasteiger charge is 2.19. The molecule has 108 valence electrons. The maximum atomic E-state index is 13.8. The molecule has 0 radical (unpaired) electrons. The van der Waals surface area contributed by atoms with Gasteiger partial charge in [0.15, 0.2) is 5.82 Å². The quantitative estimate of drug-likeness (QED) is 0.892. The van der Waals surface area contributed by atoms with E-state index >= 15 is 0 Å². The van der Waals surface area contributed by atoms with E-state index in [1.807, 2.05) is 0 Å². The van der Waals surface area contributed by atoms with Gasteiger partial charge in [0.25, 0.3) is 5.91 Å². The van der Waals surface area contributed by atoms with Crippen molar-refractivity contribution in [2.75, 3.05) is 5.32 Å². The van der Waals surface area contributed by atoms with Gasteiger partial charge in [0, 0.05) is 0 Å². The van der Waals surface area contributed by atoms with Crippen molar-refractivity contribution >= 4 is 40.8 Å². The Morgan fingerprint density at radius 1 is 1.05 bits per heavy atom. The van der Waals surface area contributed by atoms with Gasteiger partial charge in [0.1, 0.15) is 5.56 Å². The molecule has 0 heterocycles. The summed E-state index contributed by atoms with van der Waals surface area (Å²) in [6.45, 7) is 0. The molecule has 2 rings (SSSR count). The fraction of sp³-hybridized carbons (Fsp3) is 0. The summed E-state index contributed by atoms with van der Waals surface area (Å²) in [5.41, 5.74) is -0.590. The fourth-order valence-corrected chi connectivity index (χ4v) is 2.14. The third-order valence-electron chi connectivity index (χ3n) is 2.67. The lowest BCUT2D eigenvalue weighted by Gasteiger charge is -2.10. The highest BCUT2D eigenvalue weighted by molar-refractivity contribution is 6.34. The largest absolute Gasteiger partial charge is 0.478 e. The maximum Gasteiger partial charge on any atom is 0.339 e. The van der Waals surface area contributed by atoms with Gasteiger partial charge in [-0.1, -0.05) is 35.3 Å². The lowest BCUT2D eigenvalue weighted by molar-refractivity contribution is 0.0698. The first-order valence-corrected chi connectivity index (χ1v) is 6.44. The summed E-state index contributed by atoms with van der Waals surface area (Å²) in [6, 6.07) is 8.16. The summed E-state index contributed by atoms with van der Waals surface area (Å²) in [4.78, 5) is 23.2. The second-order valence-electron chi connectivity index (χ2n) is 4.02. The van der Waals surface area contributed by atoms with Gasteiger partial charge in [0.05, 0.1) is 21.3 Å². The number of aromatic carboxylic acids is 1. The summed E-state index contributed by atoms with van der Waals surface area (Å²) in [5.74, 6) is -3.00. The minimum absolute atomic E-state index is 0.0284. The Balaban J connectivity index is 2.39. The highest BCUT2D eigenvalue weighted by Crippen LogP contribution is 2.25. The monoisotopic (exact) mass is 327 g/mol. The smallest absolute Gasteiger partial charge is 0.339 e. The van der Waals surface area contributed by atoms with E-state index in [1.54, 1.807) is 0 Å². The van der Waals surface area contributed by atoms with Crippen LogP contribution in [0.4, 0.5) is 10.1 Å². The van der Waals surface area contributed by atoms with Crippen molar-refractivity contribution in [3.8, 4) is 0 Å². The zero-order chi connectivity index (χ0) is 15.6. The number of carbonyl (C=O) groups excluding carboxylic acids is 1. The van der Waals surface area contributed by atoms with Gasteiger partial charge in [-0.15, -0.1) is 0 Å². The molecule has 0 saturated carbocycles. The van der Waals surface area contributed by atoms with E-state index in [9.17, 15) is 14.0 Å². The van der Waals surface area contributed by atoms with Crippen LogP contribution in [-0.4, -0.2) is 17.0 Å². The third kappa shape index (κ3) is 3.15. The molecule has 0 aliphatic heterocycles. The number of hydrogen-bond donors (Lipinski definition) is 2. The Morgan fingerprint density at radius 2 is 1.67 bits per heavy atom. The van der Waals surface area contributed by atoms with Gasteiger partial charge in [-0.2, -0.15) is 0 Å². The van der Waals surface area contributed by atoms with Crippen molar-refractivity contribution in [2.45, 2.75) is 0 Å². The van der Waals surface area contributed by atoms with Gasteiger partial charge >= 0.3 is 5.97 Å². The van der Waals surface area contributed by atoms with E-state index in [1.165, 1.54) is 36.4 Å². The molecule has 4 nitrogen and oxygen atoms in total. The molecule has 2 aromatic carbocycles. The fourth-order valence-electron chi connectivity index (χ4n) is 1.71. The van der Waals surface area contributed by atoms with Crippen molar-refractivity contribution in [1.29, 1.82) is 0 Å². The second kappa shape index (κ2) is 6.11. The van der Waals surface area contributed by atoms with E-state index in [4.69, 9.17) is 28.3 Å². The molecule has 0 aromatic heterocycles. The minimum Gasteiger partial charge on any atom is -0.478 e. The average molecular weight is 328 g/mol. The first-order chi connectivity index (χ1) is 9.91. The zero-order valence-electron chi connectivity index (χ0n) is 10.4. The molecular formula is C14H8Cl2FNO3. The molecule has 0 unspecified atom stereocenters. The number of nitrogens with one attached hydrogen (secondary N) is 1. The van der Waals surface area contributed by atoms with Crippen LogP contribution in [0.15, 0.2) is 36.4 Å². The van der Waals surface area contributed by atoms with Crippen LogP contribution >= 0.6 is 23.2 Å². The number of benzene rings is 2. The number of carbonyl (C=O) groups is 2. The van der Waals surface area contributed by atoms with Crippen LogP contribution in [0.3, 0.4) is 0 Å². The van der Waals surface area contributed by atoms with Crippen LogP contribution in [0.5, 0.6) is 0 Å². The van der Waals surface area contributed by atoms with Crippen LogP contribution in [0.25, 0.3) is 0 Å². The maximum absolute atomic E-state index is 13.8. The van der Waals surface area contributed by atoms with E-state index in [0.29, 0.717) is 0 Å². The van der Waals surface area contributed by atoms with Crippen LogP contribution in [0.2, 0.25) is 10.0 Å². The molecule has 0 spiro atoms. The van der Waals surface area contributed by atoms with Crippen LogP contribution in [0.1, 0.15) is 20.7 Å². The Morgan fingerprint density at radius 3 is 2.33 bits per heavy atom. The summed E-state index contributed by atoms with van der Waals surface area (Å²) >= 11 is 11.4. The first kappa shape index (κ1) is 15.3. The minimum atomic E-state index is -1.30. The number of hydrogen-bond acceptors (Lipinski definition) is 2. The molecule has 0 aliphatic rings. The van der Waals surface area contributed by atoms with E-state index < -0.39 is 17.7 Å². The third-order valence-corrected chi connectivity index (χ3v) is 3.28. The molecule has 2 N–H and O–H groups in total. The number of carboxylic acids is 1. The molecule has 7 heteroatoms. The van der Waals surface area contributed by atoms with Gasteiger partial charge in [-0.3, -0.25) is 4.79 Å². The average Bonchev–Trinajstić information content (AvgIpc) is 2.41. The standard InChI is InChI=1S/C14H8Cl2FNO3/c15-8-4-2-6-10(11(8)14(20)21)18-13(19)7-3-1-5-9(16)12(7)17/h1-6H,(H,18,19)(H,20,21). The molecule has 0 saturated heterocycles. The number of carboxylic acid groups (broad SMARTS) is 1. The first-order valence-electron chi connectivity index (χ1n) is 5.69. The van der Waals surface area contributed by atoms with Gasteiger partial charge in [-0.25, -0.2) is 9.18 Å². The summed E-state index contributed by atoms with van der Waals surface area (Å²) in [7, 11) is 0. The molecule has 2 aromatic rings. The van der Waals surface area contributed by atoms with Crippen molar-refractivity contribution in [1.82, 2.24) is 0 Å². The molecular weight excluding hydrogens is 320 g/mol. The number of halogens is 3. The molecule has 0 atom stereocenters. The summed E-state index contributed by atoms with van der Waals surface area (Å²) in [6.07, 6.45) is 0. The predicted octanol–water partition coefficient (Wildman–Crippen LogP) is 4.08. The van der Waals surface area contributed by atoms with Crippen LogP contribution in [0, 0.1) is 5.82 Å². The molecule has 0 fully saturated rings. The predicted molar refractivity (Wildman–Crippen MR) is 77.8 cm³/mol. The lowest BCUT2D eigenvalue weighted by atomic mass is 10.1. The lowest BCUT2D eigenvalue weighted by Crippen LogP contribution is -2.16. The van der Waals surface area contributed by atoms with Crippen LogP contribution < -0.4 is 5.32 Å². The Hall–Kier alpha value is -2.11. The normalized spacial score (nSPS) is 10.2. The number of anilines is 1. The van der Waals surface area contributed by atoms with Crippen molar-refractivity contribution in [3.05, 3.63) is 63.4 Å². The number of amides is 1.